The zero-order valence-corrected chi connectivity index (χ0v) is 11.9. The Hall–Kier alpha value is -1.36. The van der Waals surface area contributed by atoms with Crippen molar-refractivity contribution in [2.45, 2.75) is 26.2 Å². The van der Waals surface area contributed by atoms with Crippen molar-refractivity contribution in [3.63, 3.8) is 0 Å². The van der Waals surface area contributed by atoms with Crippen molar-refractivity contribution in [2.75, 3.05) is 11.5 Å². The van der Waals surface area contributed by atoms with Gasteiger partial charge in [0.25, 0.3) is 0 Å². The number of nitrogens with zero attached hydrogens (tertiary/aromatic N) is 2. The van der Waals surface area contributed by atoms with Crippen LogP contribution in [0.4, 0.5) is 0 Å². The molecule has 1 aliphatic rings. The summed E-state index contributed by atoms with van der Waals surface area (Å²) >= 11 is 0. The van der Waals surface area contributed by atoms with E-state index in [0.717, 1.165) is 30.6 Å². The molecule has 0 aromatic carbocycles. The average molecular weight is 278 g/mol. The summed E-state index contributed by atoms with van der Waals surface area (Å²) in [7, 11) is -2.77. The van der Waals surface area contributed by atoms with Gasteiger partial charge >= 0.3 is 0 Å². The number of hydrogen-bond donors (Lipinski definition) is 0. The second kappa shape index (κ2) is 4.63. The van der Waals surface area contributed by atoms with E-state index in [1.165, 1.54) is 5.56 Å². The molecule has 3 heterocycles. The molecule has 0 atom stereocenters. The number of rotatable bonds is 2. The SMILES string of the molecule is Cc1ccn2c(CC3CCS(=O)(=O)CC3)ncc2c1. The molecule has 102 valence electrons. The van der Waals surface area contributed by atoms with Crippen LogP contribution in [0.5, 0.6) is 0 Å². The maximum atomic E-state index is 11.4. The highest BCUT2D eigenvalue weighted by Crippen LogP contribution is 2.23. The molecule has 1 aliphatic heterocycles. The molecule has 0 aliphatic carbocycles. The van der Waals surface area contributed by atoms with Gasteiger partial charge in [0.05, 0.1) is 23.2 Å². The third-order valence-corrected chi connectivity index (χ3v) is 5.63. The van der Waals surface area contributed by atoms with Gasteiger partial charge in [-0.1, -0.05) is 0 Å². The molecule has 0 unspecified atom stereocenters. The topological polar surface area (TPSA) is 51.4 Å². The van der Waals surface area contributed by atoms with Crippen molar-refractivity contribution in [3.05, 3.63) is 35.9 Å². The lowest BCUT2D eigenvalue weighted by Crippen LogP contribution is -2.25. The summed E-state index contributed by atoms with van der Waals surface area (Å²) in [5.41, 5.74) is 2.33. The Morgan fingerprint density at radius 1 is 1.37 bits per heavy atom. The summed E-state index contributed by atoms with van der Waals surface area (Å²) in [5, 5.41) is 0. The summed E-state index contributed by atoms with van der Waals surface area (Å²) < 4.78 is 25.0. The molecule has 5 heteroatoms. The van der Waals surface area contributed by atoms with Crippen molar-refractivity contribution in [3.8, 4) is 0 Å². The smallest absolute Gasteiger partial charge is 0.150 e. The number of pyridine rings is 1. The van der Waals surface area contributed by atoms with E-state index in [1.807, 2.05) is 12.4 Å². The van der Waals surface area contributed by atoms with Crippen LogP contribution in [0, 0.1) is 12.8 Å². The summed E-state index contributed by atoms with van der Waals surface area (Å²) in [4.78, 5) is 4.48. The Bertz CT molecular complexity index is 689. The minimum atomic E-state index is -2.77. The third-order valence-electron chi connectivity index (χ3n) is 3.91. The van der Waals surface area contributed by atoms with E-state index in [9.17, 15) is 8.42 Å². The fourth-order valence-corrected chi connectivity index (χ4v) is 4.31. The van der Waals surface area contributed by atoms with Crippen molar-refractivity contribution < 1.29 is 8.42 Å². The number of imidazole rings is 1. The molecule has 19 heavy (non-hydrogen) atoms. The first-order chi connectivity index (χ1) is 9.03. The van der Waals surface area contributed by atoms with Crippen LogP contribution >= 0.6 is 0 Å². The quantitative estimate of drug-likeness (QED) is 0.844. The van der Waals surface area contributed by atoms with Crippen molar-refractivity contribution in [1.82, 2.24) is 9.38 Å². The van der Waals surface area contributed by atoms with Crippen LogP contribution < -0.4 is 0 Å². The molecule has 0 amide bonds. The minimum absolute atomic E-state index is 0.333. The predicted octanol–water partition coefficient (Wildman–Crippen LogP) is 2.01. The number of hydrogen-bond acceptors (Lipinski definition) is 3. The molecule has 1 saturated heterocycles. The van der Waals surface area contributed by atoms with Crippen LogP contribution in [-0.2, 0) is 16.3 Å². The van der Waals surface area contributed by atoms with Crippen LogP contribution in [-0.4, -0.2) is 29.3 Å². The second-order valence-corrected chi connectivity index (χ2v) is 7.78. The number of fused-ring (bicyclic) bond motifs is 1. The molecule has 4 nitrogen and oxygen atoms in total. The van der Waals surface area contributed by atoms with E-state index < -0.39 is 9.84 Å². The van der Waals surface area contributed by atoms with E-state index in [2.05, 4.69) is 28.4 Å². The van der Waals surface area contributed by atoms with Crippen LogP contribution in [0.25, 0.3) is 5.52 Å². The van der Waals surface area contributed by atoms with E-state index in [-0.39, 0.29) is 0 Å². The number of aromatic nitrogens is 2. The summed E-state index contributed by atoms with van der Waals surface area (Å²) in [6.07, 6.45) is 6.34. The summed E-state index contributed by atoms with van der Waals surface area (Å²) in [6, 6.07) is 4.19. The van der Waals surface area contributed by atoms with Crippen molar-refractivity contribution in [2.24, 2.45) is 5.92 Å². The highest BCUT2D eigenvalue weighted by atomic mass is 32.2. The van der Waals surface area contributed by atoms with E-state index in [1.54, 1.807) is 0 Å². The van der Waals surface area contributed by atoms with E-state index in [0.29, 0.717) is 17.4 Å². The normalized spacial score (nSPS) is 19.8. The molecule has 2 aromatic heterocycles. The van der Waals surface area contributed by atoms with Gasteiger partial charge in [0.1, 0.15) is 15.7 Å². The van der Waals surface area contributed by atoms with Gasteiger partial charge in [0.15, 0.2) is 0 Å². The lowest BCUT2D eigenvalue weighted by atomic mass is 9.98. The maximum Gasteiger partial charge on any atom is 0.150 e. The molecular weight excluding hydrogens is 260 g/mol. The highest BCUT2D eigenvalue weighted by Gasteiger charge is 2.24. The molecule has 3 rings (SSSR count). The van der Waals surface area contributed by atoms with Crippen LogP contribution in [0.15, 0.2) is 24.5 Å². The summed E-state index contributed by atoms with van der Waals surface area (Å²) in [6.45, 7) is 2.07. The van der Waals surface area contributed by atoms with Crippen molar-refractivity contribution >= 4 is 15.4 Å². The number of aryl methyl sites for hydroxylation is 1. The molecule has 0 N–H and O–H groups in total. The van der Waals surface area contributed by atoms with Gasteiger partial charge in [-0.2, -0.15) is 0 Å². The van der Waals surface area contributed by atoms with Gasteiger partial charge < -0.3 is 4.40 Å². The van der Waals surface area contributed by atoms with Crippen LogP contribution in [0.2, 0.25) is 0 Å². The zero-order valence-electron chi connectivity index (χ0n) is 11.0. The molecule has 2 aromatic rings. The molecule has 0 saturated carbocycles. The van der Waals surface area contributed by atoms with Crippen LogP contribution in [0.1, 0.15) is 24.2 Å². The fraction of sp³-hybridized carbons (Fsp3) is 0.500. The first kappa shape index (κ1) is 12.7. The first-order valence-corrected chi connectivity index (χ1v) is 8.49. The monoisotopic (exact) mass is 278 g/mol. The molecule has 0 radical (unpaired) electrons. The first-order valence-electron chi connectivity index (χ1n) is 6.66. The Kier molecular flexibility index (Phi) is 3.09. The molecule has 0 spiro atoms. The average Bonchev–Trinajstić information content (AvgIpc) is 2.74. The Morgan fingerprint density at radius 3 is 2.84 bits per heavy atom. The van der Waals surface area contributed by atoms with Gasteiger partial charge in [-0.25, -0.2) is 13.4 Å². The van der Waals surface area contributed by atoms with Gasteiger partial charge in [-0.05, 0) is 43.4 Å². The van der Waals surface area contributed by atoms with E-state index in [4.69, 9.17) is 0 Å². The number of sulfone groups is 1. The lowest BCUT2D eigenvalue weighted by Gasteiger charge is -2.21. The largest absolute Gasteiger partial charge is 0.304 e. The zero-order chi connectivity index (χ0) is 13.5. The van der Waals surface area contributed by atoms with Gasteiger partial charge in [-0.15, -0.1) is 0 Å². The Morgan fingerprint density at radius 2 is 2.11 bits per heavy atom. The van der Waals surface area contributed by atoms with Crippen LogP contribution in [0.3, 0.4) is 0 Å². The van der Waals surface area contributed by atoms with Gasteiger partial charge in [0.2, 0.25) is 0 Å². The lowest BCUT2D eigenvalue weighted by molar-refractivity contribution is 0.453. The van der Waals surface area contributed by atoms with Gasteiger partial charge in [-0.3, -0.25) is 0 Å². The maximum absolute atomic E-state index is 11.4. The third kappa shape index (κ3) is 2.66. The Labute approximate surface area is 113 Å². The predicted molar refractivity (Wildman–Crippen MR) is 75.0 cm³/mol. The second-order valence-electron chi connectivity index (χ2n) is 5.47. The molecular formula is C14H18N2O2S. The fourth-order valence-electron chi connectivity index (χ4n) is 2.72. The highest BCUT2D eigenvalue weighted by molar-refractivity contribution is 7.91. The van der Waals surface area contributed by atoms with Gasteiger partial charge in [0, 0.05) is 12.6 Å². The Balaban J connectivity index is 1.79. The minimum Gasteiger partial charge on any atom is -0.304 e. The molecule has 0 bridgehead atoms. The summed E-state index contributed by atoms with van der Waals surface area (Å²) in [5.74, 6) is 2.15. The standard InChI is InChI=1S/C14H18N2O2S/c1-11-2-5-16-13(8-11)10-15-14(16)9-12-3-6-19(17,18)7-4-12/h2,5,8,10,12H,3-4,6-7,9H2,1H3. The van der Waals surface area contributed by atoms with Crippen molar-refractivity contribution in [1.29, 1.82) is 0 Å². The molecule has 1 fully saturated rings. The van der Waals surface area contributed by atoms with E-state index >= 15 is 0 Å².